The standard InChI is InChI=1S/C22H29N7O3/c1-16-18(14-32-21(16)31)28-11-7-22(8-12-28)5-9-27(10-6-22)13-19(30)17-3-2-4-20(24-17)29-15-23-25-26-29/h2-4,15,19,30H,5-14H2,1H3/t19-/m0/s1. The number of hydrogen-bond acceptors (Lipinski definition) is 9. The van der Waals surface area contributed by atoms with Gasteiger partial charge in [0.1, 0.15) is 19.0 Å². The first-order valence-corrected chi connectivity index (χ1v) is 11.3. The number of carbonyl (C=O) groups is 1. The fraction of sp³-hybridized carbons (Fsp3) is 0.591. The molecule has 0 aliphatic carbocycles. The number of esters is 1. The van der Waals surface area contributed by atoms with Crippen LogP contribution in [0.3, 0.4) is 0 Å². The molecule has 170 valence electrons. The van der Waals surface area contributed by atoms with Crippen LogP contribution in [0.1, 0.15) is 44.4 Å². The van der Waals surface area contributed by atoms with Crippen LogP contribution in [0.5, 0.6) is 0 Å². The maximum Gasteiger partial charge on any atom is 0.335 e. The van der Waals surface area contributed by atoms with E-state index in [9.17, 15) is 9.90 Å². The van der Waals surface area contributed by atoms with Gasteiger partial charge in [-0.1, -0.05) is 6.07 Å². The largest absolute Gasteiger partial charge is 0.456 e. The molecule has 1 N–H and O–H groups in total. The molecule has 3 aliphatic heterocycles. The van der Waals surface area contributed by atoms with Gasteiger partial charge in [0.05, 0.1) is 17.0 Å². The van der Waals surface area contributed by atoms with Gasteiger partial charge in [-0.25, -0.2) is 9.78 Å². The Morgan fingerprint density at radius 2 is 1.91 bits per heavy atom. The average molecular weight is 440 g/mol. The van der Waals surface area contributed by atoms with E-state index >= 15 is 0 Å². The van der Waals surface area contributed by atoms with Crippen molar-refractivity contribution in [2.75, 3.05) is 39.3 Å². The topological polar surface area (TPSA) is 110 Å². The van der Waals surface area contributed by atoms with E-state index in [2.05, 4.69) is 30.3 Å². The minimum absolute atomic E-state index is 0.176. The lowest BCUT2D eigenvalue weighted by Crippen LogP contribution is -2.47. The molecule has 10 nitrogen and oxygen atoms in total. The molecule has 1 spiro atoms. The van der Waals surface area contributed by atoms with Crippen molar-refractivity contribution in [2.45, 2.75) is 38.7 Å². The van der Waals surface area contributed by atoms with Gasteiger partial charge in [-0.05, 0) is 73.7 Å². The molecule has 0 aromatic carbocycles. The van der Waals surface area contributed by atoms with E-state index in [0.29, 0.717) is 30.1 Å². The Hall–Kier alpha value is -2.85. The molecule has 0 radical (unpaired) electrons. The Morgan fingerprint density at radius 1 is 1.16 bits per heavy atom. The summed E-state index contributed by atoms with van der Waals surface area (Å²) in [4.78, 5) is 20.9. The summed E-state index contributed by atoms with van der Waals surface area (Å²) in [7, 11) is 0. The molecule has 2 aromatic heterocycles. The molecule has 10 heteroatoms. The molecule has 0 bridgehead atoms. The van der Waals surface area contributed by atoms with Gasteiger partial charge in [-0.15, -0.1) is 5.10 Å². The van der Waals surface area contributed by atoms with Crippen molar-refractivity contribution in [1.82, 2.24) is 35.0 Å². The number of nitrogens with zero attached hydrogens (tertiary/aromatic N) is 7. The second-order valence-electron chi connectivity index (χ2n) is 9.13. The van der Waals surface area contributed by atoms with Crippen molar-refractivity contribution in [3.8, 4) is 5.82 Å². The number of aliphatic hydroxyl groups excluding tert-OH is 1. The number of piperidine rings is 2. The summed E-state index contributed by atoms with van der Waals surface area (Å²) in [6.45, 7) is 6.79. The zero-order valence-corrected chi connectivity index (χ0v) is 18.4. The van der Waals surface area contributed by atoms with Gasteiger partial charge >= 0.3 is 5.97 Å². The Morgan fingerprint density at radius 3 is 2.56 bits per heavy atom. The van der Waals surface area contributed by atoms with E-state index in [0.717, 1.165) is 63.1 Å². The number of aromatic nitrogens is 5. The number of aliphatic hydroxyl groups is 1. The molecule has 2 saturated heterocycles. The fourth-order valence-corrected chi connectivity index (χ4v) is 5.11. The highest BCUT2D eigenvalue weighted by molar-refractivity contribution is 5.90. The number of rotatable bonds is 5. The number of carbonyl (C=O) groups excluding carboxylic acids is 1. The zero-order chi connectivity index (χ0) is 22.1. The van der Waals surface area contributed by atoms with Gasteiger partial charge in [0.25, 0.3) is 0 Å². The van der Waals surface area contributed by atoms with Crippen molar-refractivity contribution in [3.63, 3.8) is 0 Å². The molecule has 2 fully saturated rings. The lowest BCUT2D eigenvalue weighted by atomic mass is 9.71. The molecule has 32 heavy (non-hydrogen) atoms. The van der Waals surface area contributed by atoms with E-state index in [-0.39, 0.29) is 5.97 Å². The van der Waals surface area contributed by atoms with Crippen LogP contribution in [-0.2, 0) is 9.53 Å². The Balaban J connectivity index is 1.14. The van der Waals surface area contributed by atoms with Crippen LogP contribution in [0.2, 0.25) is 0 Å². The second-order valence-corrected chi connectivity index (χ2v) is 9.13. The predicted molar refractivity (Wildman–Crippen MR) is 114 cm³/mol. The summed E-state index contributed by atoms with van der Waals surface area (Å²) in [5, 5.41) is 21.9. The van der Waals surface area contributed by atoms with Crippen molar-refractivity contribution < 1.29 is 14.6 Å². The lowest BCUT2D eigenvalue weighted by Gasteiger charge is -2.47. The van der Waals surface area contributed by atoms with Gasteiger partial charge in [-0.2, -0.15) is 4.68 Å². The summed E-state index contributed by atoms with van der Waals surface area (Å²) in [5.41, 5.74) is 2.83. The molecule has 3 aliphatic rings. The maximum atomic E-state index is 11.7. The van der Waals surface area contributed by atoms with Gasteiger partial charge < -0.3 is 19.6 Å². The minimum Gasteiger partial charge on any atom is -0.456 e. The van der Waals surface area contributed by atoms with Crippen LogP contribution in [0.4, 0.5) is 0 Å². The van der Waals surface area contributed by atoms with Gasteiger partial charge in [0, 0.05) is 19.6 Å². The SMILES string of the molecule is CC1=C(N2CCC3(CCN(C[C@H](O)c4cccc(-n5cnnn5)n4)CC3)CC2)COC1=O. The number of cyclic esters (lactones) is 1. The van der Waals surface area contributed by atoms with Crippen LogP contribution in [-0.4, -0.2) is 85.4 Å². The smallest absolute Gasteiger partial charge is 0.335 e. The van der Waals surface area contributed by atoms with E-state index in [1.54, 1.807) is 0 Å². The van der Waals surface area contributed by atoms with Crippen LogP contribution in [0, 0.1) is 5.41 Å². The Kier molecular flexibility index (Phi) is 5.64. The number of pyridine rings is 1. The highest BCUT2D eigenvalue weighted by atomic mass is 16.5. The van der Waals surface area contributed by atoms with E-state index < -0.39 is 6.10 Å². The molecule has 0 saturated carbocycles. The van der Waals surface area contributed by atoms with E-state index in [1.807, 2.05) is 25.1 Å². The summed E-state index contributed by atoms with van der Waals surface area (Å²) >= 11 is 0. The van der Waals surface area contributed by atoms with Crippen molar-refractivity contribution in [1.29, 1.82) is 0 Å². The normalized spacial score (nSPS) is 22.4. The molecule has 0 unspecified atom stereocenters. The Labute approximate surface area is 186 Å². The second kappa shape index (κ2) is 8.59. The number of tetrazole rings is 1. The summed E-state index contributed by atoms with van der Waals surface area (Å²) in [6.07, 6.45) is 5.40. The van der Waals surface area contributed by atoms with Crippen molar-refractivity contribution in [2.24, 2.45) is 5.41 Å². The quantitative estimate of drug-likeness (QED) is 0.685. The molecular weight excluding hydrogens is 410 g/mol. The summed E-state index contributed by atoms with van der Waals surface area (Å²) in [5.74, 6) is 0.417. The van der Waals surface area contributed by atoms with Gasteiger partial charge in [-0.3, -0.25) is 0 Å². The molecule has 0 amide bonds. The van der Waals surface area contributed by atoms with Crippen LogP contribution < -0.4 is 0 Å². The fourth-order valence-electron chi connectivity index (χ4n) is 5.11. The third-order valence-electron chi connectivity index (χ3n) is 7.31. The van der Waals surface area contributed by atoms with Crippen LogP contribution >= 0.6 is 0 Å². The number of β-amino-alcohol motifs (C(OH)–C–C–N with tert-alkyl or cyclic N) is 1. The monoisotopic (exact) mass is 439 g/mol. The minimum atomic E-state index is -0.655. The molecule has 2 aromatic rings. The van der Waals surface area contributed by atoms with Crippen molar-refractivity contribution >= 4 is 5.97 Å². The third-order valence-corrected chi connectivity index (χ3v) is 7.31. The van der Waals surface area contributed by atoms with Gasteiger partial charge in [0.15, 0.2) is 5.82 Å². The Bertz CT molecular complexity index is 989. The zero-order valence-electron chi connectivity index (χ0n) is 18.4. The van der Waals surface area contributed by atoms with E-state index in [4.69, 9.17) is 4.74 Å². The maximum absolute atomic E-state index is 11.7. The molecular formula is C22H29N7O3. The first kappa shape index (κ1) is 21.0. The van der Waals surface area contributed by atoms with E-state index in [1.165, 1.54) is 11.0 Å². The number of ether oxygens (including phenoxy) is 1. The number of likely N-dealkylation sites (tertiary alicyclic amines) is 2. The summed E-state index contributed by atoms with van der Waals surface area (Å²) < 4.78 is 6.67. The van der Waals surface area contributed by atoms with Crippen LogP contribution in [0.25, 0.3) is 5.82 Å². The first-order valence-electron chi connectivity index (χ1n) is 11.3. The predicted octanol–water partition coefficient (Wildman–Crippen LogP) is 1.10. The molecule has 5 rings (SSSR count). The van der Waals surface area contributed by atoms with Crippen molar-refractivity contribution in [3.05, 3.63) is 41.5 Å². The average Bonchev–Trinajstić information content (AvgIpc) is 3.47. The molecule has 1 atom stereocenters. The van der Waals surface area contributed by atoms with Gasteiger partial charge in [0.2, 0.25) is 0 Å². The highest BCUT2D eigenvalue weighted by Crippen LogP contribution is 2.42. The highest BCUT2D eigenvalue weighted by Gasteiger charge is 2.39. The first-order chi connectivity index (χ1) is 15.5. The lowest BCUT2D eigenvalue weighted by molar-refractivity contribution is -0.136. The number of hydrogen-bond donors (Lipinski definition) is 1. The summed E-state index contributed by atoms with van der Waals surface area (Å²) in [6, 6.07) is 5.52. The van der Waals surface area contributed by atoms with Crippen LogP contribution in [0.15, 0.2) is 35.8 Å². The molecule has 5 heterocycles. The third kappa shape index (κ3) is 4.12.